The van der Waals surface area contributed by atoms with Crippen molar-refractivity contribution >= 4 is 33.6 Å². The second-order valence-corrected chi connectivity index (χ2v) is 7.93. The standard InChI is InChI=1S/C19H23BrN2O4/c1-19-8-9-21(2)15(18(24)26-5)14(17(23)25-4)16(19)22(3)13-7-6-11(20)10-12(13)19/h6-7,10,16H,8-9H2,1-5H3/t16-,19-/m0/s1. The Hall–Kier alpha value is -2.02. The lowest BCUT2D eigenvalue weighted by Gasteiger charge is -2.34. The van der Waals surface area contributed by atoms with Crippen LogP contribution in [0.2, 0.25) is 0 Å². The molecule has 26 heavy (non-hydrogen) atoms. The van der Waals surface area contributed by atoms with Crippen LogP contribution < -0.4 is 4.90 Å². The minimum atomic E-state index is -0.525. The number of fused-ring (bicyclic) bond motifs is 3. The van der Waals surface area contributed by atoms with Crippen LogP contribution in [0.25, 0.3) is 0 Å². The van der Waals surface area contributed by atoms with Crippen LogP contribution in [0.4, 0.5) is 5.69 Å². The average Bonchev–Trinajstić information content (AvgIpc) is 2.75. The molecule has 6 nitrogen and oxygen atoms in total. The number of esters is 2. The molecule has 0 unspecified atom stereocenters. The lowest BCUT2D eigenvalue weighted by molar-refractivity contribution is -0.140. The number of benzene rings is 1. The summed E-state index contributed by atoms with van der Waals surface area (Å²) in [7, 11) is 6.42. The van der Waals surface area contributed by atoms with Crippen molar-refractivity contribution in [2.45, 2.75) is 24.8 Å². The fourth-order valence-electron chi connectivity index (χ4n) is 4.30. The molecular formula is C19H23BrN2O4. The third kappa shape index (κ3) is 2.60. The SMILES string of the molecule is COC(=O)C1=C(C(=O)OC)N(C)CC[C@@]2(C)c3cc(Br)ccc3N(C)[C@@H]12. The van der Waals surface area contributed by atoms with Gasteiger partial charge in [0.25, 0.3) is 0 Å². The quantitative estimate of drug-likeness (QED) is 0.682. The maximum absolute atomic E-state index is 12.8. The summed E-state index contributed by atoms with van der Waals surface area (Å²) in [4.78, 5) is 29.2. The minimum Gasteiger partial charge on any atom is -0.466 e. The first-order valence-corrected chi connectivity index (χ1v) is 9.20. The van der Waals surface area contributed by atoms with Gasteiger partial charge in [0.15, 0.2) is 0 Å². The van der Waals surface area contributed by atoms with E-state index >= 15 is 0 Å². The number of ether oxygens (including phenoxy) is 2. The van der Waals surface area contributed by atoms with Crippen LogP contribution in [0.15, 0.2) is 33.9 Å². The summed E-state index contributed by atoms with van der Waals surface area (Å²) in [5.41, 5.74) is 2.47. The Morgan fingerprint density at radius 3 is 2.46 bits per heavy atom. The van der Waals surface area contributed by atoms with Gasteiger partial charge >= 0.3 is 11.9 Å². The van der Waals surface area contributed by atoms with Gasteiger partial charge in [0.2, 0.25) is 0 Å². The van der Waals surface area contributed by atoms with E-state index in [-0.39, 0.29) is 17.2 Å². The Bertz CT molecular complexity index is 807. The Kier molecular flexibility index (Phi) is 4.77. The van der Waals surface area contributed by atoms with E-state index in [1.807, 2.05) is 19.2 Å². The third-order valence-electron chi connectivity index (χ3n) is 5.61. The van der Waals surface area contributed by atoms with Crippen LogP contribution in [0.1, 0.15) is 18.9 Å². The van der Waals surface area contributed by atoms with E-state index in [1.54, 1.807) is 11.9 Å². The van der Waals surface area contributed by atoms with Crippen molar-refractivity contribution in [3.05, 3.63) is 39.5 Å². The maximum Gasteiger partial charge on any atom is 0.354 e. The van der Waals surface area contributed by atoms with Crippen molar-refractivity contribution in [2.75, 3.05) is 39.8 Å². The normalized spacial score (nSPS) is 24.8. The average molecular weight is 423 g/mol. The van der Waals surface area contributed by atoms with Crippen molar-refractivity contribution < 1.29 is 19.1 Å². The number of anilines is 1. The number of nitrogens with zero attached hydrogens (tertiary/aromatic N) is 2. The van der Waals surface area contributed by atoms with Gasteiger partial charge in [-0.25, -0.2) is 9.59 Å². The molecular weight excluding hydrogens is 400 g/mol. The summed E-state index contributed by atoms with van der Waals surface area (Å²) in [6.07, 6.45) is 0.781. The van der Waals surface area contributed by atoms with Crippen LogP contribution >= 0.6 is 15.9 Å². The summed E-state index contributed by atoms with van der Waals surface area (Å²) in [5, 5.41) is 0. The molecule has 0 spiro atoms. The van der Waals surface area contributed by atoms with Gasteiger partial charge in [-0.2, -0.15) is 0 Å². The smallest absolute Gasteiger partial charge is 0.354 e. The molecule has 0 saturated carbocycles. The molecule has 7 heteroatoms. The molecule has 140 valence electrons. The van der Waals surface area contributed by atoms with E-state index in [2.05, 4.69) is 33.8 Å². The summed E-state index contributed by atoms with van der Waals surface area (Å²) < 4.78 is 11.0. The van der Waals surface area contributed by atoms with Crippen molar-refractivity contribution in [2.24, 2.45) is 0 Å². The van der Waals surface area contributed by atoms with Crippen LogP contribution in [0.3, 0.4) is 0 Å². The van der Waals surface area contributed by atoms with Gasteiger partial charge in [-0.3, -0.25) is 0 Å². The molecule has 0 bridgehead atoms. The molecule has 0 radical (unpaired) electrons. The Morgan fingerprint density at radius 1 is 1.19 bits per heavy atom. The molecule has 1 aromatic rings. The van der Waals surface area contributed by atoms with Gasteiger partial charge in [-0.05, 0) is 30.2 Å². The predicted octanol–water partition coefficient (Wildman–Crippen LogP) is 2.46. The highest BCUT2D eigenvalue weighted by Gasteiger charge is 2.53. The molecule has 2 atom stereocenters. The van der Waals surface area contributed by atoms with E-state index in [0.717, 1.165) is 22.1 Å². The van der Waals surface area contributed by atoms with Crippen LogP contribution in [-0.4, -0.2) is 57.7 Å². The zero-order valence-corrected chi connectivity index (χ0v) is 17.2. The van der Waals surface area contributed by atoms with Crippen molar-refractivity contribution in [3.8, 4) is 0 Å². The molecule has 2 aliphatic heterocycles. The molecule has 0 aromatic heterocycles. The number of carbonyl (C=O) groups excluding carboxylic acids is 2. The topological polar surface area (TPSA) is 59.1 Å². The first-order chi connectivity index (χ1) is 12.3. The monoisotopic (exact) mass is 422 g/mol. The zero-order chi connectivity index (χ0) is 19.2. The van der Waals surface area contributed by atoms with E-state index in [9.17, 15) is 9.59 Å². The number of likely N-dealkylation sites (N-methyl/N-ethyl adjacent to an activating group) is 2. The molecule has 2 aliphatic rings. The van der Waals surface area contributed by atoms with Crippen LogP contribution in [0.5, 0.6) is 0 Å². The predicted molar refractivity (Wildman–Crippen MR) is 102 cm³/mol. The molecule has 1 aromatic carbocycles. The third-order valence-corrected chi connectivity index (χ3v) is 6.10. The second kappa shape index (κ2) is 6.61. The number of rotatable bonds is 2. The first kappa shape index (κ1) is 18.8. The van der Waals surface area contributed by atoms with Crippen LogP contribution in [0, 0.1) is 0 Å². The minimum absolute atomic E-state index is 0.270. The van der Waals surface area contributed by atoms with Gasteiger partial charge in [0.1, 0.15) is 5.70 Å². The van der Waals surface area contributed by atoms with Gasteiger partial charge in [0.05, 0.1) is 25.8 Å². The number of hydrogen-bond donors (Lipinski definition) is 0. The zero-order valence-electron chi connectivity index (χ0n) is 15.6. The molecule has 3 rings (SSSR count). The summed E-state index contributed by atoms with van der Waals surface area (Å²) in [5.74, 6) is -1.03. The lowest BCUT2D eigenvalue weighted by Crippen LogP contribution is -2.45. The number of halogens is 1. The molecule has 2 heterocycles. The molecule has 0 aliphatic carbocycles. The van der Waals surface area contributed by atoms with E-state index in [4.69, 9.17) is 9.47 Å². The van der Waals surface area contributed by atoms with Crippen molar-refractivity contribution in [1.82, 2.24) is 4.90 Å². The van der Waals surface area contributed by atoms with Gasteiger partial charge < -0.3 is 19.3 Å². The summed E-state index contributed by atoms with van der Waals surface area (Å²) in [6.45, 7) is 2.77. The Morgan fingerprint density at radius 2 is 1.85 bits per heavy atom. The molecule has 0 amide bonds. The lowest BCUT2D eigenvalue weighted by atomic mass is 9.73. The Labute approximate surface area is 161 Å². The number of hydrogen-bond acceptors (Lipinski definition) is 6. The fraction of sp³-hybridized carbons (Fsp3) is 0.474. The fourth-order valence-corrected chi connectivity index (χ4v) is 4.66. The highest BCUT2D eigenvalue weighted by atomic mass is 79.9. The van der Waals surface area contributed by atoms with E-state index in [0.29, 0.717) is 12.1 Å². The second-order valence-electron chi connectivity index (χ2n) is 7.01. The molecule has 0 N–H and O–H groups in total. The number of methoxy groups -OCH3 is 2. The molecule has 0 fully saturated rings. The van der Waals surface area contributed by atoms with E-state index < -0.39 is 11.9 Å². The van der Waals surface area contributed by atoms with Crippen molar-refractivity contribution in [3.63, 3.8) is 0 Å². The number of carbonyl (C=O) groups is 2. The van der Waals surface area contributed by atoms with Crippen molar-refractivity contribution in [1.29, 1.82) is 0 Å². The maximum atomic E-state index is 12.8. The summed E-state index contributed by atoms with van der Waals surface area (Å²) in [6, 6.07) is 5.80. The van der Waals surface area contributed by atoms with Gasteiger partial charge in [0, 0.05) is 36.2 Å². The Balaban J connectivity index is 2.30. The van der Waals surface area contributed by atoms with Crippen LogP contribution in [-0.2, 0) is 24.5 Å². The largest absolute Gasteiger partial charge is 0.466 e. The summed E-state index contributed by atoms with van der Waals surface area (Å²) >= 11 is 3.55. The van der Waals surface area contributed by atoms with E-state index in [1.165, 1.54) is 14.2 Å². The van der Waals surface area contributed by atoms with Gasteiger partial charge in [-0.15, -0.1) is 0 Å². The highest BCUT2D eigenvalue weighted by molar-refractivity contribution is 9.10. The molecule has 0 saturated heterocycles. The van der Waals surface area contributed by atoms with Gasteiger partial charge in [-0.1, -0.05) is 22.9 Å². The highest BCUT2D eigenvalue weighted by Crippen LogP contribution is 2.51. The first-order valence-electron chi connectivity index (χ1n) is 8.41.